The maximum atomic E-state index is 11.4. The highest BCUT2D eigenvalue weighted by Gasteiger charge is 2.09. The lowest BCUT2D eigenvalue weighted by molar-refractivity contribution is 0.183. The molecule has 0 aliphatic heterocycles. The van der Waals surface area contributed by atoms with Crippen molar-refractivity contribution in [3.05, 3.63) is 12.4 Å². The first-order chi connectivity index (χ1) is 7.57. The zero-order valence-electron chi connectivity index (χ0n) is 9.09. The molecule has 3 N–H and O–H groups in total. The molecule has 0 atom stereocenters. The maximum absolute atomic E-state index is 11.4. The lowest BCUT2D eigenvalue weighted by Gasteiger charge is -2.03. The Morgan fingerprint density at radius 2 is 2.38 bits per heavy atom. The lowest BCUT2D eigenvalue weighted by atomic mass is 10.6. The summed E-state index contributed by atoms with van der Waals surface area (Å²) in [7, 11) is -1.76. The van der Waals surface area contributed by atoms with E-state index in [1.165, 1.54) is 6.20 Å². The van der Waals surface area contributed by atoms with Gasteiger partial charge in [-0.05, 0) is 0 Å². The molecule has 1 rings (SSSR count). The summed E-state index contributed by atoms with van der Waals surface area (Å²) in [6.07, 6.45) is 3.05. The van der Waals surface area contributed by atoms with Crippen LogP contribution >= 0.6 is 0 Å². The highest BCUT2D eigenvalue weighted by molar-refractivity contribution is 7.92. The van der Waals surface area contributed by atoms with Crippen molar-refractivity contribution in [3.8, 4) is 0 Å². The van der Waals surface area contributed by atoms with Crippen LogP contribution in [0.2, 0.25) is 0 Å². The smallest absolute Gasteiger partial charge is 0.234 e. The second kappa shape index (κ2) is 5.83. The van der Waals surface area contributed by atoms with Crippen molar-refractivity contribution in [2.24, 2.45) is 5.73 Å². The Morgan fingerprint density at radius 1 is 1.62 bits per heavy atom. The number of nitrogens with zero attached hydrogens (tertiary/aromatic N) is 2. The van der Waals surface area contributed by atoms with Gasteiger partial charge in [0.1, 0.15) is 0 Å². The quantitative estimate of drug-likeness (QED) is 0.660. The summed E-state index contributed by atoms with van der Waals surface area (Å²) >= 11 is 0. The van der Waals surface area contributed by atoms with Crippen molar-refractivity contribution in [2.45, 2.75) is 6.54 Å². The van der Waals surface area contributed by atoms with E-state index in [4.69, 9.17) is 10.5 Å². The minimum atomic E-state index is -3.35. The van der Waals surface area contributed by atoms with Crippen LogP contribution in [0.1, 0.15) is 0 Å². The Labute approximate surface area is 94.6 Å². The molecule has 1 aromatic heterocycles. The SMILES string of the molecule is COCCn1cc(NS(=O)(=O)CCN)cn1. The van der Waals surface area contributed by atoms with E-state index >= 15 is 0 Å². The molecule has 0 radical (unpaired) electrons. The molecule has 0 unspecified atom stereocenters. The molecule has 0 aromatic carbocycles. The number of nitrogens with two attached hydrogens (primary N) is 1. The van der Waals surface area contributed by atoms with Crippen molar-refractivity contribution in [3.63, 3.8) is 0 Å². The van der Waals surface area contributed by atoms with E-state index in [9.17, 15) is 8.42 Å². The van der Waals surface area contributed by atoms with Gasteiger partial charge in [0, 0.05) is 19.9 Å². The molecule has 0 aliphatic rings. The Balaban J connectivity index is 2.58. The third kappa shape index (κ3) is 4.17. The zero-order valence-corrected chi connectivity index (χ0v) is 9.90. The Morgan fingerprint density at radius 3 is 3.00 bits per heavy atom. The van der Waals surface area contributed by atoms with Crippen LogP contribution in [0.5, 0.6) is 0 Å². The van der Waals surface area contributed by atoms with E-state index in [2.05, 4.69) is 9.82 Å². The van der Waals surface area contributed by atoms with E-state index in [0.29, 0.717) is 18.8 Å². The zero-order chi connectivity index (χ0) is 12.0. The van der Waals surface area contributed by atoms with Crippen LogP contribution in [0.3, 0.4) is 0 Å². The summed E-state index contributed by atoms with van der Waals surface area (Å²) < 4.78 is 31.6. The molecule has 8 heteroatoms. The standard InChI is InChI=1S/C8H16N4O3S/c1-15-4-3-12-7-8(6-10-12)11-16(13,14)5-2-9/h6-7,11H,2-5,9H2,1H3. The fourth-order valence-electron chi connectivity index (χ4n) is 1.11. The third-order valence-corrected chi connectivity index (χ3v) is 3.14. The number of rotatable bonds is 7. The van der Waals surface area contributed by atoms with E-state index in [-0.39, 0.29) is 12.3 Å². The van der Waals surface area contributed by atoms with Crippen LogP contribution in [0.4, 0.5) is 5.69 Å². The average molecular weight is 248 g/mol. The summed E-state index contributed by atoms with van der Waals surface area (Å²) in [5.74, 6) is -0.101. The van der Waals surface area contributed by atoms with E-state index in [0.717, 1.165) is 0 Å². The maximum Gasteiger partial charge on any atom is 0.234 e. The minimum Gasteiger partial charge on any atom is -0.383 e. The third-order valence-electron chi connectivity index (χ3n) is 1.82. The van der Waals surface area contributed by atoms with Crippen LogP contribution in [0.25, 0.3) is 0 Å². The summed E-state index contributed by atoms with van der Waals surface area (Å²) in [6, 6.07) is 0. The van der Waals surface area contributed by atoms with Crippen molar-refractivity contribution in [1.82, 2.24) is 9.78 Å². The molecule has 0 saturated carbocycles. The van der Waals surface area contributed by atoms with Crippen LogP contribution in [0, 0.1) is 0 Å². The summed E-state index contributed by atoms with van der Waals surface area (Å²) in [5, 5.41) is 3.98. The monoisotopic (exact) mass is 248 g/mol. The number of ether oxygens (including phenoxy) is 1. The molecular formula is C8H16N4O3S. The number of anilines is 1. The molecular weight excluding hydrogens is 232 g/mol. The molecule has 1 aromatic rings. The predicted molar refractivity (Wildman–Crippen MR) is 60.6 cm³/mol. The van der Waals surface area contributed by atoms with Gasteiger partial charge in [-0.3, -0.25) is 9.40 Å². The molecule has 92 valence electrons. The fraction of sp³-hybridized carbons (Fsp3) is 0.625. The summed E-state index contributed by atoms with van der Waals surface area (Å²) in [6.45, 7) is 1.19. The summed E-state index contributed by atoms with van der Waals surface area (Å²) in [4.78, 5) is 0. The van der Waals surface area contributed by atoms with Crippen molar-refractivity contribution < 1.29 is 13.2 Å². The highest BCUT2D eigenvalue weighted by Crippen LogP contribution is 2.07. The largest absolute Gasteiger partial charge is 0.383 e. The Bertz CT molecular complexity index is 415. The summed E-state index contributed by atoms with van der Waals surface area (Å²) in [5.41, 5.74) is 5.62. The van der Waals surface area contributed by atoms with Crippen LogP contribution < -0.4 is 10.5 Å². The van der Waals surface area contributed by atoms with E-state index in [1.807, 2.05) is 0 Å². The minimum absolute atomic E-state index is 0.0904. The van der Waals surface area contributed by atoms with E-state index in [1.54, 1.807) is 18.0 Å². The Kier molecular flexibility index (Phi) is 4.71. The first-order valence-corrected chi connectivity index (χ1v) is 6.44. The lowest BCUT2D eigenvalue weighted by Crippen LogP contribution is -2.22. The number of nitrogens with one attached hydrogen (secondary N) is 1. The van der Waals surface area contributed by atoms with Gasteiger partial charge in [-0.15, -0.1) is 0 Å². The number of aromatic nitrogens is 2. The van der Waals surface area contributed by atoms with Gasteiger partial charge in [0.15, 0.2) is 0 Å². The highest BCUT2D eigenvalue weighted by atomic mass is 32.2. The molecule has 0 saturated heterocycles. The van der Waals surface area contributed by atoms with Crippen molar-refractivity contribution >= 4 is 15.7 Å². The topological polar surface area (TPSA) is 99.2 Å². The van der Waals surface area contributed by atoms with Gasteiger partial charge in [0.25, 0.3) is 0 Å². The van der Waals surface area contributed by atoms with Gasteiger partial charge in [0.05, 0.1) is 30.8 Å². The van der Waals surface area contributed by atoms with Gasteiger partial charge in [-0.2, -0.15) is 5.10 Å². The normalized spacial score (nSPS) is 11.6. The van der Waals surface area contributed by atoms with Gasteiger partial charge in [-0.1, -0.05) is 0 Å². The molecule has 0 bridgehead atoms. The molecule has 16 heavy (non-hydrogen) atoms. The number of sulfonamides is 1. The second-order valence-corrected chi connectivity index (χ2v) is 5.04. The van der Waals surface area contributed by atoms with Crippen LogP contribution in [-0.4, -0.2) is 44.2 Å². The predicted octanol–water partition coefficient (Wildman–Crippen LogP) is -0.770. The first-order valence-electron chi connectivity index (χ1n) is 4.79. The van der Waals surface area contributed by atoms with Gasteiger partial charge in [-0.25, -0.2) is 8.42 Å². The molecule has 1 heterocycles. The van der Waals surface area contributed by atoms with Crippen molar-refractivity contribution in [1.29, 1.82) is 0 Å². The number of hydrogen-bond donors (Lipinski definition) is 2. The van der Waals surface area contributed by atoms with Crippen molar-refractivity contribution in [2.75, 3.05) is 30.7 Å². The molecule has 7 nitrogen and oxygen atoms in total. The molecule has 0 aliphatic carbocycles. The Hall–Kier alpha value is -1.12. The van der Waals surface area contributed by atoms with Gasteiger partial charge in [0.2, 0.25) is 10.0 Å². The molecule has 0 amide bonds. The number of hydrogen-bond acceptors (Lipinski definition) is 5. The first kappa shape index (κ1) is 12.9. The fourth-order valence-corrected chi connectivity index (χ4v) is 1.99. The van der Waals surface area contributed by atoms with Crippen LogP contribution in [0.15, 0.2) is 12.4 Å². The van der Waals surface area contributed by atoms with E-state index < -0.39 is 10.0 Å². The average Bonchev–Trinajstić information content (AvgIpc) is 2.61. The van der Waals surface area contributed by atoms with Gasteiger partial charge < -0.3 is 10.5 Å². The van der Waals surface area contributed by atoms with Gasteiger partial charge >= 0.3 is 0 Å². The van der Waals surface area contributed by atoms with Crippen LogP contribution in [-0.2, 0) is 21.3 Å². The second-order valence-electron chi connectivity index (χ2n) is 3.19. The molecule has 0 spiro atoms. The number of methoxy groups -OCH3 is 1. The molecule has 0 fully saturated rings.